The fourth-order valence-electron chi connectivity index (χ4n) is 3.16. The lowest BCUT2D eigenvalue weighted by Gasteiger charge is -2.10. The Kier molecular flexibility index (Phi) is 6.76. The van der Waals surface area contributed by atoms with Crippen molar-refractivity contribution in [1.29, 1.82) is 0 Å². The molecule has 1 aromatic heterocycles. The van der Waals surface area contributed by atoms with Gasteiger partial charge in [0.15, 0.2) is 5.13 Å². The van der Waals surface area contributed by atoms with Gasteiger partial charge in [0.05, 0.1) is 28.0 Å². The average Bonchev–Trinajstić information content (AvgIpc) is 3.21. The molecule has 3 amide bonds. The number of nitrogens with one attached hydrogen (secondary N) is 3. The lowest BCUT2D eigenvalue weighted by Crippen LogP contribution is -2.28. The van der Waals surface area contributed by atoms with Crippen molar-refractivity contribution in [3.63, 3.8) is 0 Å². The molecule has 0 fully saturated rings. The van der Waals surface area contributed by atoms with Crippen molar-refractivity contribution in [2.24, 2.45) is 0 Å². The number of nitrogens with zero attached hydrogens (tertiary/aromatic N) is 1. The maximum atomic E-state index is 12.7. The Hall–Kier alpha value is -3.62. The Morgan fingerprint density at radius 2 is 1.85 bits per heavy atom. The highest BCUT2D eigenvalue weighted by atomic mass is 35.5. The lowest BCUT2D eigenvalue weighted by molar-refractivity contribution is 0.102. The third-order valence-electron chi connectivity index (χ3n) is 4.94. The van der Waals surface area contributed by atoms with E-state index in [1.165, 1.54) is 11.3 Å². The van der Waals surface area contributed by atoms with Crippen LogP contribution >= 0.6 is 22.9 Å². The number of para-hydroxylation sites is 1. The highest BCUT2D eigenvalue weighted by Gasteiger charge is 2.13. The molecule has 33 heavy (non-hydrogen) atoms. The van der Waals surface area contributed by atoms with Crippen molar-refractivity contribution < 1.29 is 14.3 Å². The number of fused-ring (bicyclic) bond motifs is 1. The number of thiazole rings is 1. The first-order valence-electron chi connectivity index (χ1n) is 10.1. The van der Waals surface area contributed by atoms with Gasteiger partial charge >= 0.3 is 6.03 Å². The molecule has 0 radical (unpaired) electrons. The van der Waals surface area contributed by atoms with Gasteiger partial charge in [-0.25, -0.2) is 9.78 Å². The predicted molar refractivity (Wildman–Crippen MR) is 133 cm³/mol. The van der Waals surface area contributed by atoms with Crippen LogP contribution in [-0.4, -0.2) is 24.0 Å². The summed E-state index contributed by atoms with van der Waals surface area (Å²) in [6.07, 6.45) is 0. The number of rotatable bonds is 6. The Morgan fingerprint density at radius 1 is 1.06 bits per heavy atom. The van der Waals surface area contributed by atoms with Crippen LogP contribution in [-0.2, 0) is 6.54 Å². The largest absolute Gasteiger partial charge is 0.497 e. The molecular formula is C24H21ClN4O3S. The normalized spacial score (nSPS) is 10.6. The highest BCUT2D eigenvalue weighted by molar-refractivity contribution is 7.22. The van der Waals surface area contributed by atoms with E-state index in [0.717, 1.165) is 21.6 Å². The fourth-order valence-corrected chi connectivity index (χ4v) is 4.33. The molecule has 168 valence electrons. The van der Waals surface area contributed by atoms with E-state index in [0.29, 0.717) is 33.5 Å². The standard InChI is InChI=1S/C24H21ClN4O3S/c1-14-4-3-5-18(25)21(14)28-22(30)16-8-11-19-20(12-16)33-24(27-19)29-23(31)26-13-15-6-9-17(32-2)10-7-15/h3-12H,13H2,1-2H3,(H,28,30)(H2,26,27,29,31). The molecule has 0 aliphatic heterocycles. The van der Waals surface area contributed by atoms with E-state index in [4.69, 9.17) is 16.3 Å². The minimum Gasteiger partial charge on any atom is -0.497 e. The van der Waals surface area contributed by atoms with Gasteiger partial charge in [-0.2, -0.15) is 0 Å². The molecule has 0 atom stereocenters. The fraction of sp³-hybridized carbons (Fsp3) is 0.125. The zero-order valence-electron chi connectivity index (χ0n) is 17.9. The second-order valence-electron chi connectivity index (χ2n) is 7.24. The molecule has 0 aliphatic rings. The number of carbonyl (C=O) groups excluding carboxylic acids is 2. The first-order chi connectivity index (χ1) is 15.9. The lowest BCUT2D eigenvalue weighted by atomic mass is 10.1. The van der Waals surface area contributed by atoms with Crippen molar-refractivity contribution >= 4 is 55.9 Å². The number of anilines is 2. The van der Waals surface area contributed by atoms with Gasteiger partial charge in [-0.3, -0.25) is 10.1 Å². The molecule has 1 heterocycles. The molecule has 0 aliphatic carbocycles. The van der Waals surface area contributed by atoms with Crippen LogP contribution in [0.15, 0.2) is 60.7 Å². The average molecular weight is 481 g/mol. The van der Waals surface area contributed by atoms with Gasteiger partial charge in [-0.1, -0.05) is 47.2 Å². The van der Waals surface area contributed by atoms with Gasteiger partial charge in [-0.05, 0) is 54.4 Å². The molecule has 4 rings (SSSR count). The van der Waals surface area contributed by atoms with Gasteiger partial charge in [0.2, 0.25) is 0 Å². The third kappa shape index (κ3) is 5.42. The van der Waals surface area contributed by atoms with Crippen molar-refractivity contribution in [3.8, 4) is 5.75 Å². The van der Waals surface area contributed by atoms with Gasteiger partial charge in [0.25, 0.3) is 5.91 Å². The number of aromatic nitrogens is 1. The summed E-state index contributed by atoms with van der Waals surface area (Å²) in [5.41, 5.74) is 3.57. The number of amides is 3. The van der Waals surface area contributed by atoms with Crippen molar-refractivity contribution in [3.05, 3.63) is 82.4 Å². The highest BCUT2D eigenvalue weighted by Crippen LogP contribution is 2.29. The SMILES string of the molecule is COc1ccc(CNC(=O)Nc2nc3ccc(C(=O)Nc4c(C)cccc4Cl)cc3s2)cc1. The summed E-state index contributed by atoms with van der Waals surface area (Å²) >= 11 is 7.50. The summed E-state index contributed by atoms with van der Waals surface area (Å²) in [5, 5.41) is 9.32. The number of urea groups is 1. The van der Waals surface area contributed by atoms with Crippen molar-refractivity contribution in [1.82, 2.24) is 10.3 Å². The Morgan fingerprint density at radius 3 is 2.58 bits per heavy atom. The van der Waals surface area contributed by atoms with E-state index < -0.39 is 0 Å². The zero-order valence-corrected chi connectivity index (χ0v) is 19.5. The van der Waals surface area contributed by atoms with E-state index in [2.05, 4.69) is 20.9 Å². The van der Waals surface area contributed by atoms with E-state index in [1.807, 2.05) is 43.3 Å². The molecule has 0 bridgehead atoms. The molecule has 0 spiro atoms. The minimum atomic E-state index is -0.364. The number of hydrogen-bond donors (Lipinski definition) is 3. The van der Waals surface area contributed by atoms with Crippen LogP contribution in [0.1, 0.15) is 21.5 Å². The Balaban J connectivity index is 1.40. The van der Waals surface area contributed by atoms with Crippen LogP contribution in [0.2, 0.25) is 5.02 Å². The van der Waals surface area contributed by atoms with Crippen LogP contribution in [0, 0.1) is 6.92 Å². The van der Waals surface area contributed by atoms with Gasteiger partial charge in [0.1, 0.15) is 5.75 Å². The molecule has 3 aromatic carbocycles. The third-order valence-corrected chi connectivity index (χ3v) is 6.19. The second kappa shape index (κ2) is 9.89. The number of carbonyl (C=O) groups is 2. The molecule has 3 N–H and O–H groups in total. The summed E-state index contributed by atoms with van der Waals surface area (Å²) in [6.45, 7) is 2.25. The zero-order chi connectivity index (χ0) is 23.4. The van der Waals surface area contributed by atoms with E-state index >= 15 is 0 Å². The summed E-state index contributed by atoms with van der Waals surface area (Å²) in [4.78, 5) is 29.4. The van der Waals surface area contributed by atoms with Crippen LogP contribution < -0.4 is 20.7 Å². The van der Waals surface area contributed by atoms with Crippen LogP contribution in [0.25, 0.3) is 10.2 Å². The summed E-state index contributed by atoms with van der Waals surface area (Å²) in [5.74, 6) is 0.487. The minimum absolute atomic E-state index is 0.270. The summed E-state index contributed by atoms with van der Waals surface area (Å²) in [6, 6.07) is 17.7. The number of methoxy groups -OCH3 is 1. The van der Waals surface area contributed by atoms with E-state index in [9.17, 15) is 9.59 Å². The molecule has 0 saturated heterocycles. The monoisotopic (exact) mass is 480 g/mol. The van der Waals surface area contributed by atoms with Crippen LogP contribution in [0.5, 0.6) is 5.75 Å². The van der Waals surface area contributed by atoms with Gasteiger partial charge in [-0.15, -0.1) is 0 Å². The predicted octanol–water partition coefficient (Wildman–Crippen LogP) is 5.84. The number of hydrogen-bond acceptors (Lipinski definition) is 5. The number of benzene rings is 3. The number of halogens is 1. The Bertz CT molecular complexity index is 1300. The molecule has 0 saturated carbocycles. The van der Waals surface area contributed by atoms with Crippen LogP contribution in [0.3, 0.4) is 0 Å². The van der Waals surface area contributed by atoms with Crippen LogP contribution in [0.4, 0.5) is 15.6 Å². The molecule has 9 heteroatoms. The molecule has 7 nitrogen and oxygen atoms in total. The summed E-state index contributed by atoms with van der Waals surface area (Å²) < 4.78 is 5.91. The second-order valence-corrected chi connectivity index (χ2v) is 8.68. The van der Waals surface area contributed by atoms with Crippen molar-refractivity contribution in [2.75, 3.05) is 17.7 Å². The smallest absolute Gasteiger partial charge is 0.321 e. The Labute approximate surface area is 199 Å². The number of aryl methyl sites for hydroxylation is 1. The van der Waals surface area contributed by atoms with E-state index in [-0.39, 0.29) is 11.9 Å². The molecule has 4 aromatic rings. The number of ether oxygens (including phenoxy) is 1. The van der Waals surface area contributed by atoms with Gasteiger partial charge < -0.3 is 15.4 Å². The first-order valence-corrected chi connectivity index (χ1v) is 11.3. The van der Waals surface area contributed by atoms with E-state index in [1.54, 1.807) is 31.4 Å². The maximum absolute atomic E-state index is 12.7. The quantitative estimate of drug-likeness (QED) is 0.323. The maximum Gasteiger partial charge on any atom is 0.321 e. The van der Waals surface area contributed by atoms with Crippen molar-refractivity contribution in [2.45, 2.75) is 13.5 Å². The molecule has 0 unspecified atom stereocenters. The molecular weight excluding hydrogens is 460 g/mol. The first kappa shape index (κ1) is 22.6. The topological polar surface area (TPSA) is 92.3 Å². The summed E-state index contributed by atoms with van der Waals surface area (Å²) in [7, 11) is 1.61. The van der Waals surface area contributed by atoms with Gasteiger partial charge in [0, 0.05) is 12.1 Å².